The van der Waals surface area contributed by atoms with Gasteiger partial charge in [0.2, 0.25) is 5.91 Å². The molecule has 1 heterocycles. The Hall–Kier alpha value is -0.830. The maximum Gasteiger partial charge on any atom is 0.227 e. The molecule has 4 aliphatic carbocycles. The first kappa shape index (κ1) is 13.6. The number of nitrogens with zero attached hydrogens (tertiary/aromatic N) is 1. The van der Waals surface area contributed by atoms with Crippen LogP contribution in [0.25, 0.3) is 0 Å². The SMILES string of the molecule is C=C1C2C(=O)C3(CCl)C4CC(C1C24)C3C(=O)N1CCCCC1. The van der Waals surface area contributed by atoms with Crippen LogP contribution >= 0.6 is 11.6 Å². The van der Waals surface area contributed by atoms with Gasteiger partial charge in [-0.3, -0.25) is 9.59 Å². The molecule has 7 unspecified atom stereocenters. The van der Waals surface area contributed by atoms with E-state index < -0.39 is 5.41 Å². The lowest BCUT2D eigenvalue weighted by atomic mass is 9.57. The third-order valence-corrected chi connectivity index (χ3v) is 8.06. The predicted molar refractivity (Wildman–Crippen MR) is 83.3 cm³/mol. The van der Waals surface area contributed by atoms with Crippen LogP contribution < -0.4 is 0 Å². The summed E-state index contributed by atoms with van der Waals surface area (Å²) in [6, 6.07) is 0. The highest BCUT2D eigenvalue weighted by Crippen LogP contribution is 2.79. The third kappa shape index (κ3) is 1.22. The summed E-state index contributed by atoms with van der Waals surface area (Å²) in [4.78, 5) is 28.4. The first-order chi connectivity index (χ1) is 10.6. The lowest BCUT2D eigenvalue weighted by molar-refractivity contribution is -0.147. The Morgan fingerprint density at radius 2 is 2.05 bits per heavy atom. The monoisotopic (exact) mass is 319 g/mol. The van der Waals surface area contributed by atoms with Crippen molar-refractivity contribution in [2.24, 2.45) is 40.9 Å². The van der Waals surface area contributed by atoms with E-state index in [0.717, 1.165) is 37.9 Å². The van der Waals surface area contributed by atoms with Gasteiger partial charge in [-0.05, 0) is 49.4 Å². The molecular formula is C18H22ClNO2. The maximum absolute atomic E-state index is 13.2. The van der Waals surface area contributed by atoms with Gasteiger partial charge in [0.05, 0.1) is 11.3 Å². The molecule has 1 amide bonds. The van der Waals surface area contributed by atoms with Gasteiger partial charge in [-0.1, -0.05) is 12.2 Å². The van der Waals surface area contributed by atoms with Gasteiger partial charge in [0.15, 0.2) is 0 Å². The van der Waals surface area contributed by atoms with Crippen LogP contribution in [0.5, 0.6) is 0 Å². The zero-order valence-electron chi connectivity index (χ0n) is 12.8. The summed E-state index contributed by atoms with van der Waals surface area (Å²) in [5.74, 6) is 2.24. The minimum atomic E-state index is -0.563. The molecule has 4 heteroatoms. The molecule has 5 rings (SSSR count). The zero-order chi connectivity index (χ0) is 15.2. The van der Waals surface area contributed by atoms with Crippen molar-refractivity contribution in [3.05, 3.63) is 12.2 Å². The van der Waals surface area contributed by atoms with E-state index in [0.29, 0.717) is 29.6 Å². The molecule has 5 fully saturated rings. The summed E-state index contributed by atoms with van der Waals surface area (Å²) < 4.78 is 0. The average molecular weight is 320 g/mol. The van der Waals surface area contributed by atoms with Crippen molar-refractivity contribution in [1.29, 1.82) is 0 Å². The number of allylic oxidation sites excluding steroid dienone is 1. The molecular weight excluding hydrogens is 298 g/mol. The van der Waals surface area contributed by atoms with Crippen LogP contribution in [0.15, 0.2) is 12.2 Å². The maximum atomic E-state index is 13.2. The van der Waals surface area contributed by atoms with Gasteiger partial charge >= 0.3 is 0 Å². The summed E-state index contributed by atoms with van der Waals surface area (Å²) in [5.41, 5.74) is 0.551. The lowest BCUT2D eigenvalue weighted by Crippen LogP contribution is -2.52. The fraction of sp³-hybridized carbons (Fsp3) is 0.778. The number of halogens is 1. The Kier molecular flexibility index (Phi) is 2.58. The van der Waals surface area contributed by atoms with Crippen LogP contribution in [0.4, 0.5) is 0 Å². The van der Waals surface area contributed by atoms with Gasteiger partial charge in [-0.25, -0.2) is 0 Å². The number of rotatable bonds is 2. The van der Waals surface area contributed by atoms with Crippen LogP contribution in [0.1, 0.15) is 25.7 Å². The van der Waals surface area contributed by atoms with Crippen LogP contribution in [-0.2, 0) is 9.59 Å². The highest BCUT2D eigenvalue weighted by atomic mass is 35.5. The van der Waals surface area contributed by atoms with Crippen molar-refractivity contribution in [2.45, 2.75) is 25.7 Å². The van der Waals surface area contributed by atoms with Gasteiger partial charge in [0.1, 0.15) is 5.78 Å². The normalized spacial score (nSPS) is 51.4. The highest BCUT2D eigenvalue weighted by Gasteiger charge is 2.82. The van der Waals surface area contributed by atoms with E-state index in [1.165, 1.54) is 6.42 Å². The quantitative estimate of drug-likeness (QED) is 0.579. The average Bonchev–Trinajstić information content (AvgIpc) is 3.06. The van der Waals surface area contributed by atoms with Crippen LogP contribution in [0, 0.1) is 40.9 Å². The van der Waals surface area contributed by atoms with Crippen molar-refractivity contribution in [1.82, 2.24) is 4.90 Å². The highest BCUT2D eigenvalue weighted by molar-refractivity contribution is 6.21. The van der Waals surface area contributed by atoms with Gasteiger partial charge in [-0.15, -0.1) is 11.6 Å². The first-order valence-electron chi connectivity index (χ1n) is 8.70. The molecule has 1 aliphatic heterocycles. The zero-order valence-corrected chi connectivity index (χ0v) is 13.5. The fourth-order valence-corrected chi connectivity index (χ4v) is 7.37. The molecule has 1 saturated heterocycles. The molecule has 0 spiro atoms. The summed E-state index contributed by atoms with van der Waals surface area (Å²) in [7, 11) is 0. The van der Waals surface area contributed by atoms with Crippen LogP contribution in [0.2, 0.25) is 0 Å². The van der Waals surface area contributed by atoms with E-state index in [2.05, 4.69) is 6.58 Å². The number of hydrogen-bond acceptors (Lipinski definition) is 2. The number of Topliss-reactive ketones (excluding diaryl/α,β-unsaturated/α-hetero) is 1. The minimum Gasteiger partial charge on any atom is -0.342 e. The number of carbonyl (C=O) groups is 2. The second-order valence-electron chi connectivity index (χ2n) is 8.06. The number of ketones is 1. The molecule has 7 atom stereocenters. The summed E-state index contributed by atoms with van der Waals surface area (Å²) in [5, 5.41) is 0. The molecule has 0 aromatic rings. The summed E-state index contributed by atoms with van der Waals surface area (Å²) in [6.07, 6.45) is 4.42. The minimum absolute atomic E-state index is 0.0258. The Bertz CT molecular complexity index is 596. The Labute approximate surface area is 136 Å². The Morgan fingerprint density at radius 1 is 1.32 bits per heavy atom. The van der Waals surface area contributed by atoms with Crippen molar-refractivity contribution in [3.8, 4) is 0 Å². The first-order valence-corrected chi connectivity index (χ1v) is 9.24. The topological polar surface area (TPSA) is 37.4 Å². The van der Waals surface area contributed by atoms with Crippen molar-refractivity contribution >= 4 is 23.3 Å². The van der Waals surface area contributed by atoms with Gasteiger partial charge in [0, 0.05) is 24.9 Å². The summed E-state index contributed by atoms with van der Waals surface area (Å²) >= 11 is 6.37. The molecule has 0 N–H and O–H groups in total. The van der Waals surface area contributed by atoms with Crippen molar-refractivity contribution < 1.29 is 9.59 Å². The summed E-state index contributed by atoms with van der Waals surface area (Å²) in [6.45, 7) is 5.91. The molecule has 0 aromatic carbocycles. The number of piperidine rings is 1. The molecule has 22 heavy (non-hydrogen) atoms. The predicted octanol–water partition coefficient (Wildman–Crippen LogP) is 2.49. The number of alkyl halides is 1. The largest absolute Gasteiger partial charge is 0.342 e. The number of hydrogen-bond donors (Lipinski definition) is 0. The smallest absolute Gasteiger partial charge is 0.227 e. The third-order valence-electron chi connectivity index (χ3n) is 7.62. The number of fused-ring (bicyclic) bond motifs is 2. The van der Waals surface area contributed by atoms with E-state index in [9.17, 15) is 9.59 Å². The van der Waals surface area contributed by atoms with Crippen molar-refractivity contribution in [3.63, 3.8) is 0 Å². The van der Waals surface area contributed by atoms with Crippen LogP contribution in [0.3, 0.4) is 0 Å². The van der Waals surface area contributed by atoms with Crippen LogP contribution in [-0.4, -0.2) is 35.6 Å². The van der Waals surface area contributed by atoms with E-state index in [-0.39, 0.29) is 23.5 Å². The molecule has 3 nitrogen and oxygen atoms in total. The number of likely N-dealkylation sites (tertiary alicyclic amines) is 1. The fourth-order valence-electron chi connectivity index (χ4n) is 6.87. The molecule has 2 bridgehead atoms. The van der Waals surface area contributed by atoms with Gasteiger partial charge in [0.25, 0.3) is 0 Å². The van der Waals surface area contributed by atoms with Gasteiger partial charge < -0.3 is 4.90 Å². The standard InChI is InChI=1S/C18H22ClNO2/c1-9-12-10-7-11-14(12)13(9)16(21)18(11,8-19)15(10)17(22)20-5-3-2-4-6-20/h10-15H,1-8H2. The molecule has 0 radical (unpaired) electrons. The molecule has 4 saturated carbocycles. The second kappa shape index (κ2) is 4.17. The molecule has 5 aliphatic rings. The van der Waals surface area contributed by atoms with Crippen molar-refractivity contribution in [2.75, 3.05) is 19.0 Å². The molecule has 118 valence electrons. The molecule has 0 aromatic heterocycles. The second-order valence-corrected chi connectivity index (χ2v) is 8.33. The van der Waals surface area contributed by atoms with E-state index in [4.69, 9.17) is 11.6 Å². The number of carbonyl (C=O) groups excluding carboxylic acids is 2. The number of amides is 1. The Balaban J connectivity index is 1.57. The van der Waals surface area contributed by atoms with E-state index in [1.807, 2.05) is 4.90 Å². The Morgan fingerprint density at radius 3 is 2.73 bits per heavy atom. The van der Waals surface area contributed by atoms with E-state index >= 15 is 0 Å². The lowest BCUT2D eigenvalue weighted by Gasteiger charge is -2.47. The van der Waals surface area contributed by atoms with Gasteiger partial charge in [-0.2, -0.15) is 0 Å². The van der Waals surface area contributed by atoms with E-state index in [1.54, 1.807) is 0 Å².